The largest absolute Gasteiger partial charge is 0.387 e. The number of rotatable bonds is 4. The first-order chi connectivity index (χ1) is 14.0. The van der Waals surface area contributed by atoms with Crippen molar-refractivity contribution in [3.8, 4) is 11.1 Å². The van der Waals surface area contributed by atoms with Gasteiger partial charge >= 0.3 is 0 Å². The van der Waals surface area contributed by atoms with E-state index >= 15 is 0 Å². The number of aromatic nitrogens is 2. The molecule has 3 N–H and O–H groups in total. The third kappa shape index (κ3) is 3.59. The smallest absolute Gasteiger partial charge is 0.291 e. The Morgan fingerprint density at radius 2 is 1.76 bits per heavy atom. The van der Waals surface area contributed by atoms with Gasteiger partial charge in [-0.1, -0.05) is 47.5 Å². The molecule has 150 valence electrons. The fourth-order valence-corrected chi connectivity index (χ4v) is 4.20. The molecular formula is C21H21Cl2N5O. The van der Waals surface area contributed by atoms with E-state index in [4.69, 9.17) is 23.2 Å². The minimum absolute atomic E-state index is 0.295. The summed E-state index contributed by atoms with van der Waals surface area (Å²) in [7, 11) is 3.68. The van der Waals surface area contributed by atoms with Crippen LogP contribution in [0, 0.1) is 0 Å². The molecule has 3 aromatic rings. The fraction of sp³-hybridized carbons (Fsp3) is 0.238. The van der Waals surface area contributed by atoms with Crippen LogP contribution in [0.5, 0.6) is 0 Å². The topological polar surface area (TPSA) is 71.0 Å². The van der Waals surface area contributed by atoms with Crippen LogP contribution in [0.1, 0.15) is 22.0 Å². The average molecular weight is 430 g/mol. The number of nitrogens with zero attached hydrogens (tertiary/aromatic N) is 2. The van der Waals surface area contributed by atoms with E-state index in [0.29, 0.717) is 28.1 Å². The molecule has 2 aromatic carbocycles. The maximum Gasteiger partial charge on any atom is 0.291 e. The lowest BCUT2D eigenvalue weighted by atomic mass is 10.0. The van der Waals surface area contributed by atoms with Gasteiger partial charge in [0, 0.05) is 50.4 Å². The molecule has 0 saturated carbocycles. The van der Waals surface area contributed by atoms with Crippen molar-refractivity contribution in [1.29, 1.82) is 0 Å². The van der Waals surface area contributed by atoms with Crippen LogP contribution in [0.4, 0.5) is 11.4 Å². The molecular weight excluding hydrogens is 409 g/mol. The maximum absolute atomic E-state index is 12.9. The van der Waals surface area contributed by atoms with Crippen molar-refractivity contribution in [2.75, 3.05) is 24.2 Å². The number of anilines is 2. The van der Waals surface area contributed by atoms with Gasteiger partial charge in [-0.2, -0.15) is 0 Å². The molecule has 1 aliphatic rings. The van der Waals surface area contributed by atoms with E-state index < -0.39 is 0 Å². The Labute approximate surface area is 179 Å². The van der Waals surface area contributed by atoms with Gasteiger partial charge in [-0.3, -0.25) is 4.79 Å². The van der Waals surface area contributed by atoms with E-state index in [9.17, 15) is 4.79 Å². The molecule has 2 heterocycles. The van der Waals surface area contributed by atoms with Crippen LogP contribution in [0.25, 0.3) is 11.1 Å². The highest BCUT2D eigenvalue weighted by molar-refractivity contribution is 6.39. The molecule has 1 aliphatic heterocycles. The molecule has 6 nitrogen and oxygen atoms in total. The van der Waals surface area contributed by atoms with E-state index in [1.165, 1.54) is 0 Å². The zero-order valence-corrected chi connectivity index (χ0v) is 17.7. The number of amides is 1. The van der Waals surface area contributed by atoms with Crippen molar-refractivity contribution >= 4 is 40.5 Å². The Morgan fingerprint density at radius 1 is 1.10 bits per heavy atom. The number of hydrogen-bond donors (Lipinski definition) is 3. The SMILES string of the molecule is CNc1cccc(-c2cccc(NC(=O)c3nc4c(n3C)CCNC4)c2Cl)c1Cl. The molecule has 0 bridgehead atoms. The number of hydrogen-bond acceptors (Lipinski definition) is 4. The number of carbonyl (C=O) groups excluding carboxylic acids is 1. The summed E-state index contributed by atoms with van der Waals surface area (Å²) in [5.41, 5.74) is 4.86. The first-order valence-electron chi connectivity index (χ1n) is 9.33. The summed E-state index contributed by atoms with van der Waals surface area (Å²) in [5.74, 6) is 0.0754. The van der Waals surface area contributed by atoms with Crippen LogP contribution in [0.3, 0.4) is 0 Å². The Kier molecular flexibility index (Phi) is 5.50. The zero-order chi connectivity index (χ0) is 20.5. The standard InChI is InChI=1S/C21H21Cl2N5O/c1-24-14-7-3-5-12(18(14)22)13-6-4-8-15(19(13)23)27-21(29)20-26-16-11-25-10-9-17(16)28(20)2/h3-8,24-25H,9-11H2,1-2H3,(H,27,29). The van der Waals surface area contributed by atoms with Crippen molar-refractivity contribution in [3.63, 3.8) is 0 Å². The minimum Gasteiger partial charge on any atom is -0.387 e. The molecule has 4 rings (SSSR count). The van der Waals surface area contributed by atoms with Gasteiger partial charge in [-0.05, 0) is 12.1 Å². The molecule has 0 radical (unpaired) electrons. The molecule has 0 aliphatic carbocycles. The molecule has 0 fully saturated rings. The first kappa shape index (κ1) is 19.8. The van der Waals surface area contributed by atoms with Gasteiger partial charge in [0.2, 0.25) is 0 Å². The van der Waals surface area contributed by atoms with E-state index in [0.717, 1.165) is 41.2 Å². The van der Waals surface area contributed by atoms with Crippen molar-refractivity contribution in [2.45, 2.75) is 13.0 Å². The summed E-state index contributed by atoms with van der Waals surface area (Å²) in [6.45, 7) is 1.56. The normalized spacial score (nSPS) is 13.1. The van der Waals surface area contributed by atoms with Gasteiger partial charge < -0.3 is 20.5 Å². The second-order valence-corrected chi connectivity index (χ2v) is 7.61. The second-order valence-electron chi connectivity index (χ2n) is 6.85. The first-order valence-corrected chi connectivity index (χ1v) is 10.1. The summed E-state index contributed by atoms with van der Waals surface area (Å²) >= 11 is 13.2. The molecule has 8 heteroatoms. The maximum atomic E-state index is 12.9. The van der Waals surface area contributed by atoms with Crippen LogP contribution in [-0.4, -0.2) is 29.1 Å². The van der Waals surface area contributed by atoms with Gasteiger partial charge in [-0.15, -0.1) is 0 Å². The summed E-state index contributed by atoms with van der Waals surface area (Å²) < 4.78 is 1.86. The van der Waals surface area contributed by atoms with Gasteiger partial charge in [0.05, 0.1) is 27.1 Å². The van der Waals surface area contributed by atoms with Crippen molar-refractivity contribution in [1.82, 2.24) is 14.9 Å². The summed E-state index contributed by atoms with van der Waals surface area (Å²) in [5, 5.41) is 10.2. The molecule has 0 unspecified atom stereocenters. The number of benzene rings is 2. The fourth-order valence-electron chi connectivity index (χ4n) is 3.61. The van der Waals surface area contributed by atoms with E-state index in [-0.39, 0.29) is 5.91 Å². The Bertz CT molecular complexity index is 1090. The van der Waals surface area contributed by atoms with Crippen molar-refractivity contribution in [2.24, 2.45) is 7.05 Å². The Balaban J connectivity index is 1.67. The lowest BCUT2D eigenvalue weighted by Crippen LogP contribution is -2.24. The van der Waals surface area contributed by atoms with E-state index in [2.05, 4.69) is 20.9 Å². The van der Waals surface area contributed by atoms with Gasteiger partial charge in [0.1, 0.15) is 0 Å². The molecule has 1 aromatic heterocycles. The highest BCUT2D eigenvalue weighted by atomic mass is 35.5. The van der Waals surface area contributed by atoms with Crippen LogP contribution in [0.15, 0.2) is 36.4 Å². The van der Waals surface area contributed by atoms with Crippen molar-refractivity contribution in [3.05, 3.63) is 63.7 Å². The molecule has 0 atom stereocenters. The van der Waals surface area contributed by atoms with E-state index in [1.807, 2.05) is 49.0 Å². The average Bonchev–Trinajstić information content (AvgIpc) is 3.07. The predicted octanol–water partition coefficient (Wildman–Crippen LogP) is 4.33. The van der Waals surface area contributed by atoms with E-state index in [1.54, 1.807) is 6.07 Å². The highest BCUT2D eigenvalue weighted by Gasteiger charge is 2.23. The lowest BCUT2D eigenvalue weighted by molar-refractivity contribution is 0.101. The number of fused-ring (bicyclic) bond motifs is 1. The van der Waals surface area contributed by atoms with Gasteiger partial charge in [-0.25, -0.2) is 4.98 Å². The van der Waals surface area contributed by atoms with Gasteiger partial charge in [0.15, 0.2) is 5.82 Å². The molecule has 1 amide bonds. The van der Waals surface area contributed by atoms with Crippen molar-refractivity contribution < 1.29 is 4.79 Å². The number of carbonyl (C=O) groups is 1. The summed E-state index contributed by atoms with van der Waals surface area (Å²) in [4.78, 5) is 17.4. The van der Waals surface area contributed by atoms with Gasteiger partial charge in [0.25, 0.3) is 5.91 Å². The predicted molar refractivity (Wildman–Crippen MR) is 118 cm³/mol. The van der Waals surface area contributed by atoms with Crippen LogP contribution in [0.2, 0.25) is 10.0 Å². The Morgan fingerprint density at radius 3 is 2.41 bits per heavy atom. The summed E-state index contributed by atoms with van der Waals surface area (Å²) in [6.07, 6.45) is 0.850. The van der Waals surface area contributed by atoms with Crippen LogP contribution >= 0.6 is 23.2 Å². The molecule has 29 heavy (non-hydrogen) atoms. The third-order valence-electron chi connectivity index (χ3n) is 5.14. The lowest BCUT2D eigenvalue weighted by Gasteiger charge is -2.14. The summed E-state index contributed by atoms with van der Waals surface area (Å²) in [6, 6.07) is 11.2. The number of halogens is 2. The molecule has 0 spiro atoms. The number of imidazole rings is 1. The second kappa shape index (κ2) is 8.06. The minimum atomic E-state index is -0.295. The third-order valence-corrected chi connectivity index (χ3v) is 5.95. The zero-order valence-electron chi connectivity index (χ0n) is 16.1. The monoisotopic (exact) mass is 429 g/mol. The Hall–Kier alpha value is -2.54. The quantitative estimate of drug-likeness (QED) is 0.576. The highest BCUT2D eigenvalue weighted by Crippen LogP contribution is 2.40. The van der Waals surface area contributed by atoms with Crippen LogP contribution in [-0.2, 0) is 20.0 Å². The molecule has 0 saturated heterocycles. The number of nitrogens with one attached hydrogen (secondary N) is 3. The van der Waals surface area contributed by atoms with Crippen LogP contribution < -0.4 is 16.0 Å².